The molecule has 0 aliphatic rings. The fourth-order valence-corrected chi connectivity index (χ4v) is 4.30. The number of nitrogens with zero attached hydrogens (tertiary/aromatic N) is 5. The first kappa shape index (κ1) is 18.9. The molecular weight excluding hydrogens is 390 g/mol. The SMILES string of the molecule is CC(C)Cc1nc(CSc2nnc(-c3cccs3)n2Cc2ccccc2)no1. The van der Waals surface area contributed by atoms with E-state index >= 15 is 0 Å². The number of thioether (sulfide) groups is 1. The van der Waals surface area contributed by atoms with Gasteiger partial charge in [-0.15, -0.1) is 21.5 Å². The van der Waals surface area contributed by atoms with Crippen LogP contribution in [0.3, 0.4) is 0 Å². The lowest BCUT2D eigenvalue weighted by molar-refractivity contribution is 0.360. The third kappa shape index (κ3) is 4.51. The summed E-state index contributed by atoms with van der Waals surface area (Å²) in [5.74, 6) is 3.35. The largest absolute Gasteiger partial charge is 0.339 e. The van der Waals surface area contributed by atoms with Crippen LogP contribution in [0.25, 0.3) is 10.7 Å². The molecule has 0 saturated carbocycles. The van der Waals surface area contributed by atoms with Crippen molar-refractivity contribution >= 4 is 23.1 Å². The molecule has 6 nitrogen and oxygen atoms in total. The van der Waals surface area contributed by atoms with E-state index in [9.17, 15) is 0 Å². The molecular formula is C20H21N5OS2. The van der Waals surface area contributed by atoms with Crippen molar-refractivity contribution in [3.8, 4) is 10.7 Å². The molecule has 0 atom stereocenters. The number of aromatic nitrogens is 5. The third-order valence-corrected chi connectivity index (χ3v) is 5.89. The van der Waals surface area contributed by atoms with Gasteiger partial charge in [0, 0.05) is 6.42 Å². The first-order valence-electron chi connectivity index (χ1n) is 9.14. The van der Waals surface area contributed by atoms with Gasteiger partial charge in [-0.2, -0.15) is 4.98 Å². The second-order valence-corrected chi connectivity index (χ2v) is 8.74. The van der Waals surface area contributed by atoms with Crippen molar-refractivity contribution in [1.29, 1.82) is 0 Å². The van der Waals surface area contributed by atoms with Crippen molar-refractivity contribution in [2.24, 2.45) is 5.92 Å². The smallest absolute Gasteiger partial charge is 0.226 e. The zero-order chi connectivity index (χ0) is 19.3. The Balaban J connectivity index is 1.55. The molecule has 0 amide bonds. The Hall–Kier alpha value is -2.45. The molecule has 0 aliphatic carbocycles. The first-order valence-corrected chi connectivity index (χ1v) is 11.0. The summed E-state index contributed by atoms with van der Waals surface area (Å²) in [6.07, 6.45) is 0.796. The van der Waals surface area contributed by atoms with Gasteiger partial charge in [0.05, 0.1) is 17.2 Å². The van der Waals surface area contributed by atoms with Gasteiger partial charge in [0.2, 0.25) is 5.89 Å². The summed E-state index contributed by atoms with van der Waals surface area (Å²) in [4.78, 5) is 5.59. The lowest BCUT2D eigenvalue weighted by Crippen LogP contribution is -2.03. The number of rotatable bonds is 8. The van der Waals surface area contributed by atoms with Crippen molar-refractivity contribution in [3.05, 3.63) is 65.1 Å². The van der Waals surface area contributed by atoms with Gasteiger partial charge in [0.25, 0.3) is 0 Å². The van der Waals surface area contributed by atoms with Crippen LogP contribution in [0.1, 0.15) is 31.1 Å². The summed E-state index contributed by atoms with van der Waals surface area (Å²) in [7, 11) is 0. The van der Waals surface area contributed by atoms with E-state index in [1.54, 1.807) is 23.1 Å². The van der Waals surface area contributed by atoms with Crippen LogP contribution in [0.4, 0.5) is 0 Å². The van der Waals surface area contributed by atoms with Gasteiger partial charge in [-0.05, 0) is 22.9 Å². The van der Waals surface area contributed by atoms with Gasteiger partial charge in [0.1, 0.15) is 0 Å². The molecule has 144 valence electrons. The summed E-state index contributed by atoms with van der Waals surface area (Å²) in [6.45, 7) is 4.99. The van der Waals surface area contributed by atoms with Crippen LogP contribution < -0.4 is 0 Å². The number of hydrogen-bond donors (Lipinski definition) is 0. The van der Waals surface area contributed by atoms with Crippen molar-refractivity contribution in [1.82, 2.24) is 24.9 Å². The van der Waals surface area contributed by atoms with E-state index in [0.717, 1.165) is 22.3 Å². The first-order chi connectivity index (χ1) is 13.7. The average Bonchev–Trinajstić information content (AvgIpc) is 3.42. The van der Waals surface area contributed by atoms with E-state index in [-0.39, 0.29) is 0 Å². The van der Waals surface area contributed by atoms with Gasteiger partial charge in [-0.1, -0.05) is 67.2 Å². The molecule has 0 fully saturated rings. The Kier molecular flexibility index (Phi) is 5.87. The normalized spacial score (nSPS) is 11.4. The predicted octanol–water partition coefficient (Wildman–Crippen LogP) is 4.93. The minimum absolute atomic E-state index is 0.489. The number of hydrogen-bond acceptors (Lipinski definition) is 7. The fraction of sp³-hybridized carbons (Fsp3) is 0.300. The van der Waals surface area contributed by atoms with E-state index in [2.05, 4.69) is 62.3 Å². The molecule has 0 unspecified atom stereocenters. The summed E-state index contributed by atoms with van der Waals surface area (Å²) in [6, 6.07) is 14.5. The van der Waals surface area contributed by atoms with Gasteiger partial charge < -0.3 is 4.52 Å². The fourth-order valence-electron chi connectivity index (χ4n) is 2.80. The lowest BCUT2D eigenvalue weighted by Gasteiger charge is -2.09. The van der Waals surface area contributed by atoms with Crippen LogP contribution in [0.15, 0.2) is 57.5 Å². The quantitative estimate of drug-likeness (QED) is 0.383. The Morgan fingerprint density at radius 2 is 1.96 bits per heavy atom. The Labute approximate surface area is 172 Å². The molecule has 0 bridgehead atoms. The maximum Gasteiger partial charge on any atom is 0.226 e. The standard InChI is InChI=1S/C20H21N5OS2/c1-14(2)11-18-21-17(24-26-18)13-28-20-23-22-19(16-9-6-10-27-16)25(20)12-15-7-4-3-5-8-15/h3-10,14H,11-13H2,1-2H3. The molecule has 8 heteroatoms. The second kappa shape index (κ2) is 8.70. The highest BCUT2D eigenvalue weighted by Crippen LogP contribution is 2.29. The minimum Gasteiger partial charge on any atom is -0.339 e. The molecule has 0 N–H and O–H groups in total. The molecule has 4 aromatic rings. The van der Waals surface area contributed by atoms with Crippen molar-refractivity contribution < 1.29 is 4.52 Å². The van der Waals surface area contributed by atoms with Gasteiger partial charge in [-0.25, -0.2) is 0 Å². The molecule has 4 rings (SSSR count). The van der Waals surface area contributed by atoms with Crippen LogP contribution in [0.5, 0.6) is 0 Å². The van der Waals surface area contributed by atoms with Gasteiger partial charge in [0.15, 0.2) is 16.8 Å². The van der Waals surface area contributed by atoms with Gasteiger partial charge >= 0.3 is 0 Å². The molecule has 0 radical (unpaired) electrons. The maximum absolute atomic E-state index is 5.34. The molecule has 1 aromatic carbocycles. The van der Waals surface area contributed by atoms with Crippen LogP contribution in [0, 0.1) is 5.92 Å². The van der Waals surface area contributed by atoms with Crippen molar-refractivity contribution in [2.75, 3.05) is 0 Å². The highest BCUT2D eigenvalue weighted by Gasteiger charge is 2.17. The highest BCUT2D eigenvalue weighted by molar-refractivity contribution is 7.98. The summed E-state index contributed by atoms with van der Waals surface area (Å²) in [5.41, 5.74) is 1.21. The molecule has 0 saturated heterocycles. The van der Waals surface area contributed by atoms with Crippen LogP contribution in [-0.2, 0) is 18.7 Å². The Bertz CT molecular complexity index is 1010. The van der Waals surface area contributed by atoms with Crippen LogP contribution in [0.2, 0.25) is 0 Å². The zero-order valence-electron chi connectivity index (χ0n) is 15.8. The Morgan fingerprint density at radius 3 is 2.71 bits per heavy atom. The van der Waals surface area contributed by atoms with Crippen LogP contribution >= 0.6 is 23.1 Å². The highest BCUT2D eigenvalue weighted by atomic mass is 32.2. The van der Waals surface area contributed by atoms with Gasteiger partial charge in [-0.3, -0.25) is 4.57 Å². The van der Waals surface area contributed by atoms with Crippen molar-refractivity contribution in [2.45, 2.75) is 37.7 Å². The monoisotopic (exact) mass is 411 g/mol. The van der Waals surface area contributed by atoms with E-state index in [0.29, 0.717) is 29.9 Å². The maximum atomic E-state index is 5.34. The molecule has 3 heterocycles. The van der Waals surface area contributed by atoms with E-state index in [4.69, 9.17) is 4.52 Å². The summed E-state index contributed by atoms with van der Waals surface area (Å²) < 4.78 is 7.49. The lowest BCUT2D eigenvalue weighted by atomic mass is 10.1. The Morgan fingerprint density at radius 1 is 1.11 bits per heavy atom. The van der Waals surface area contributed by atoms with E-state index in [1.807, 2.05) is 24.3 Å². The average molecular weight is 412 g/mol. The van der Waals surface area contributed by atoms with E-state index < -0.39 is 0 Å². The van der Waals surface area contributed by atoms with Crippen LogP contribution in [-0.4, -0.2) is 24.9 Å². The predicted molar refractivity (Wildman–Crippen MR) is 111 cm³/mol. The minimum atomic E-state index is 0.489. The van der Waals surface area contributed by atoms with E-state index in [1.165, 1.54) is 5.56 Å². The topological polar surface area (TPSA) is 69.6 Å². The molecule has 0 spiro atoms. The molecule has 0 aliphatic heterocycles. The second-order valence-electron chi connectivity index (χ2n) is 6.85. The third-order valence-electron chi connectivity index (χ3n) is 4.07. The number of benzene rings is 1. The molecule has 3 aromatic heterocycles. The van der Waals surface area contributed by atoms with Crippen molar-refractivity contribution in [3.63, 3.8) is 0 Å². The summed E-state index contributed by atoms with van der Waals surface area (Å²) >= 11 is 3.24. The molecule has 28 heavy (non-hydrogen) atoms. The zero-order valence-corrected chi connectivity index (χ0v) is 17.4. The summed E-state index contributed by atoms with van der Waals surface area (Å²) in [5, 5.41) is 15.9. The number of thiophene rings is 1.